The molecule has 1 atom stereocenters. The summed E-state index contributed by atoms with van der Waals surface area (Å²) in [5, 5.41) is 13.6. The minimum atomic E-state index is -0.571. The predicted octanol–water partition coefficient (Wildman–Crippen LogP) is 4.61. The molecular weight excluding hydrogens is 689 g/mol. The summed E-state index contributed by atoms with van der Waals surface area (Å²) in [6.07, 6.45) is 8.04. The number of fused-ring (bicyclic) bond motifs is 1. The smallest absolute Gasteiger partial charge is 0.276 e. The van der Waals surface area contributed by atoms with Crippen LogP contribution in [0.5, 0.6) is 5.75 Å². The fraction of sp³-hybridized carbons (Fsp3) is 0.447. The van der Waals surface area contributed by atoms with Crippen molar-refractivity contribution in [2.75, 3.05) is 45.2 Å². The van der Waals surface area contributed by atoms with Gasteiger partial charge in [-0.2, -0.15) is 5.10 Å². The van der Waals surface area contributed by atoms with Gasteiger partial charge < -0.3 is 19.5 Å². The molecule has 3 saturated heterocycles. The second kappa shape index (κ2) is 15.1. The normalized spacial score (nSPS) is 19.2. The van der Waals surface area contributed by atoms with Gasteiger partial charge in [-0.25, -0.2) is 4.39 Å². The molecule has 3 fully saturated rings. The summed E-state index contributed by atoms with van der Waals surface area (Å²) in [6, 6.07) is 8.27. The Morgan fingerprint density at radius 1 is 1.06 bits per heavy atom. The molecule has 0 aliphatic carbocycles. The third-order valence-electron chi connectivity index (χ3n) is 10.9. The van der Waals surface area contributed by atoms with Crippen LogP contribution in [-0.2, 0) is 27.9 Å². The molecule has 12 nitrogen and oxygen atoms in total. The molecule has 52 heavy (non-hydrogen) atoms. The van der Waals surface area contributed by atoms with Crippen molar-refractivity contribution in [1.29, 1.82) is 0 Å². The Labute approximate surface area is 305 Å². The van der Waals surface area contributed by atoms with Crippen molar-refractivity contribution in [2.45, 2.75) is 56.9 Å². The number of carbonyl (C=O) groups excluding carboxylic acids is 3. The number of aromatic amines is 1. The summed E-state index contributed by atoms with van der Waals surface area (Å²) in [7, 11) is 3.35. The number of anilines is 1. The minimum Gasteiger partial charge on any atom is -0.496 e. The molecule has 0 radical (unpaired) electrons. The van der Waals surface area contributed by atoms with Crippen molar-refractivity contribution >= 4 is 45.9 Å². The maximum Gasteiger partial charge on any atom is 0.276 e. The van der Waals surface area contributed by atoms with Crippen molar-refractivity contribution in [1.82, 2.24) is 29.9 Å². The highest BCUT2D eigenvalue weighted by atomic mass is 35.5. The number of aryl methyl sites for hydroxylation is 1. The summed E-state index contributed by atoms with van der Waals surface area (Å²) in [4.78, 5) is 53.4. The zero-order chi connectivity index (χ0) is 36.5. The van der Waals surface area contributed by atoms with E-state index in [1.807, 2.05) is 17.0 Å². The Kier molecular flexibility index (Phi) is 10.3. The fourth-order valence-electron chi connectivity index (χ4n) is 7.88. The number of H-pyrrole nitrogens is 1. The average molecular weight is 732 g/mol. The van der Waals surface area contributed by atoms with Gasteiger partial charge in [0, 0.05) is 60.0 Å². The van der Waals surface area contributed by atoms with E-state index in [2.05, 4.69) is 25.7 Å². The molecule has 4 aromatic rings. The summed E-state index contributed by atoms with van der Waals surface area (Å²) < 4.78 is 22.5. The molecular formula is C38H43ClFN7O5. The maximum absolute atomic E-state index is 15.2. The first kappa shape index (κ1) is 35.6. The van der Waals surface area contributed by atoms with Crippen LogP contribution in [0.4, 0.5) is 10.1 Å². The molecule has 0 bridgehead atoms. The van der Waals surface area contributed by atoms with E-state index in [1.54, 1.807) is 38.7 Å². The van der Waals surface area contributed by atoms with Crippen LogP contribution in [0.25, 0.3) is 22.0 Å². The number of rotatable bonds is 9. The van der Waals surface area contributed by atoms with Crippen molar-refractivity contribution < 1.29 is 23.5 Å². The van der Waals surface area contributed by atoms with Crippen LogP contribution in [0, 0.1) is 11.7 Å². The fourth-order valence-corrected chi connectivity index (χ4v) is 8.17. The van der Waals surface area contributed by atoms with E-state index in [1.165, 1.54) is 10.6 Å². The molecule has 0 spiro atoms. The molecule has 5 heterocycles. The van der Waals surface area contributed by atoms with E-state index in [4.69, 9.17) is 16.3 Å². The summed E-state index contributed by atoms with van der Waals surface area (Å²) in [6.45, 7) is 3.15. The van der Waals surface area contributed by atoms with Crippen LogP contribution in [0.2, 0.25) is 5.02 Å². The molecule has 3 aliphatic rings. The van der Waals surface area contributed by atoms with Crippen LogP contribution in [-0.4, -0.2) is 88.2 Å². The standard InChI is InChI=1S/C38H43ClFN7O5/c1-45-20-29(28-19-41-44-36(28)38(45)51)24-16-30(39)27(33(17-24)52-2)15-22-7-11-46(12-8-22)21-35(49)47-13-9-23(10-14-47)26-4-3-25(18-31(26)40)42-32-5-6-34(48)43-37(32)50/h3-4,16-20,22-23,32,42H,5-15,21H2,1-2H3,(H,41,44)(H,43,48,50). The molecule has 3 N–H and O–H groups in total. The van der Waals surface area contributed by atoms with Crippen molar-refractivity contribution in [3.8, 4) is 16.9 Å². The third-order valence-corrected chi connectivity index (χ3v) is 11.2. The number of likely N-dealkylation sites (tertiary alicyclic amines) is 2. The SMILES string of the molecule is COc1cc(-c2cn(C)c(=O)c3[nH]ncc23)cc(Cl)c1CC1CCN(CC(=O)N2CCC(c3ccc(NC4CCC(=O)NC4=O)cc3F)CC2)CC1. The summed E-state index contributed by atoms with van der Waals surface area (Å²) in [5.74, 6) is 0.180. The number of nitrogens with one attached hydrogen (secondary N) is 3. The molecule has 14 heteroatoms. The van der Waals surface area contributed by atoms with Gasteiger partial charge >= 0.3 is 0 Å². The van der Waals surface area contributed by atoms with Crippen LogP contribution < -0.4 is 20.9 Å². The second-order valence-corrected chi connectivity index (χ2v) is 14.6. The molecule has 274 valence electrons. The first-order chi connectivity index (χ1) is 25.1. The first-order valence-corrected chi connectivity index (χ1v) is 18.2. The average Bonchev–Trinajstić information content (AvgIpc) is 3.63. The predicted molar refractivity (Wildman–Crippen MR) is 196 cm³/mol. The van der Waals surface area contributed by atoms with E-state index in [0.717, 1.165) is 54.4 Å². The van der Waals surface area contributed by atoms with E-state index in [9.17, 15) is 19.2 Å². The molecule has 1 unspecified atom stereocenters. The van der Waals surface area contributed by atoms with Crippen molar-refractivity contribution in [3.05, 3.63) is 75.0 Å². The van der Waals surface area contributed by atoms with Gasteiger partial charge in [-0.3, -0.25) is 34.5 Å². The number of benzene rings is 2. The maximum atomic E-state index is 15.2. The van der Waals surface area contributed by atoms with Gasteiger partial charge in [0.2, 0.25) is 17.7 Å². The summed E-state index contributed by atoms with van der Waals surface area (Å²) in [5.41, 5.74) is 4.04. The lowest BCUT2D eigenvalue weighted by Gasteiger charge is -2.36. The van der Waals surface area contributed by atoms with E-state index in [-0.39, 0.29) is 35.5 Å². The molecule has 7 rings (SSSR count). The molecule has 2 aromatic heterocycles. The van der Waals surface area contributed by atoms with Crippen LogP contribution in [0.15, 0.2) is 47.5 Å². The number of hydrogen-bond donors (Lipinski definition) is 3. The quantitative estimate of drug-likeness (QED) is 0.212. The van der Waals surface area contributed by atoms with Crippen molar-refractivity contribution in [2.24, 2.45) is 13.0 Å². The van der Waals surface area contributed by atoms with Gasteiger partial charge in [0.15, 0.2) is 0 Å². The lowest BCUT2D eigenvalue weighted by atomic mass is 9.88. The largest absolute Gasteiger partial charge is 0.496 e. The zero-order valence-electron chi connectivity index (χ0n) is 29.3. The Hall–Kier alpha value is -4.75. The zero-order valence-corrected chi connectivity index (χ0v) is 30.1. The molecule has 3 amide bonds. The van der Waals surface area contributed by atoms with Crippen LogP contribution in [0.3, 0.4) is 0 Å². The molecule has 3 aliphatic heterocycles. The van der Waals surface area contributed by atoms with Gasteiger partial charge in [0.25, 0.3) is 5.56 Å². The highest BCUT2D eigenvalue weighted by molar-refractivity contribution is 6.32. The lowest BCUT2D eigenvalue weighted by Crippen LogP contribution is -2.47. The number of nitrogens with zero attached hydrogens (tertiary/aromatic N) is 4. The number of carbonyl (C=O) groups is 3. The van der Waals surface area contributed by atoms with E-state index >= 15 is 4.39 Å². The second-order valence-electron chi connectivity index (χ2n) is 14.2. The number of ether oxygens (including phenoxy) is 1. The number of hydrogen-bond acceptors (Lipinski definition) is 8. The van der Waals surface area contributed by atoms with Gasteiger partial charge in [0.05, 0.1) is 19.9 Å². The number of pyridine rings is 1. The number of amides is 3. The van der Waals surface area contributed by atoms with Crippen LogP contribution >= 0.6 is 11.6 Å². The number of methoxy groups -OCH3 is 1. The van der Waals surface area contributed by atoms with Gasteiger partial charge in [-0.05, 0) is 98.8 Å². The molecule has 0 saturated carbocycles. The van der Waals surface area contributed by atoms with E-state index < -0.39 is 11.9 Å². The first-order valence-electron chi connectivity index (χ1n) is 17.9. The number of aromatic nitrogens is 3. The lowest BCUT2D eigenvalue weighted by molar-refractivity contribution is -0.134. The number of imide groups is 1. The third kappa shape index (κ3) is 7.42. The van der Waals surface area contributed by atoms with Crippen molar-refractivity contribution in [3.63, 3.8) is 0 Å². The Morgan fingerprint density at radius 3 is 2.54 bits per heavy atom. The van der Waals surface area contributed by atoms with E-state index in [0.29, 0.717) is 72.4 Å². The van der Waals surface area contributed by atoms with Gasteiger partial charge in [-0.1, -0.05) is 17.7 Å². The highest BCUT2D eigenvalue weighted by Gasteiger charge is 2.30. The Bertz CT molecular complexity index is 2070. The summed E-state index contributed by atoms with van der Waals surface area (Å²) >= 11 is 6.89. The Morgan fingerprint density at radius 2 is 1.83 bits per heavy atom. The number of halogens is 2. The van der Waals surface area contributed by atoms with Crippen LogP contribution in [0.1, 0.15) is 55.6 Å². The minimum absolute atomic E-state index is 0.00961. The monoisotopic (exact) mass is 731 g/mol. The Balaban J connectivity index is 0.896. The van der Waals surface area contributed by atoms with Gasteiger partial charge in [0.1, 0.15) is 23.1 Å². The molecule has 2 aromatic carbocycles. The number of piperidine rings is 3. The van der Waals surface area contributed by atoms with Gasteiger partial charge in [-0.15, -0.1) is 0 Å². The highest BCUT2D eigenvalue weighted by Crippen LogP contribution is 2.38. The topological polar surface area (TPSA) is 142 Å².